The molecule has 0 bridgehead atoms. The summed E-state index contributed by atoms with van der Waals surface area (Å²) in [6.45, 7) is 1.68. The van der Waals surface area contributed by atoms with Crippen LogP contribution >= 0.6 is 11.8 Å². The standard InChI is InChI=1S/C17H13F3N2O3S/c1-10(26-16-22-13-4-2-3-5-14(13)24-16)15(23)21-11-6-8-12(9-7-11)25-17(18,19)20/h2-10H,1H3,(H,21,23). The SMILES string of the molecule is CC(Sc1nc2ccccc2o1)C(=O)Nc1ccc(OC(F)(F)F)cc1. The third kappa shape index (κ3) is 4.69. The monoisotopic (exact) mass is 382 g/mol. The highest BCUT2D eigenvalue weighted by Gasteiger charge is 2.31. The first-order chi connectivity index (χ1) is 12.3. The van der Waals surface area contributed by atoms with Gasteiger partial charge in [0.05, 0.1) is 5.25 Å². The minimum atomic E-state index is -4.75. The van der Waals surface area contributed by atoms with E-state index in [-0.39, 0.29) is 11.7 Å². The molecule has 2 aromatic carbocycles. The lowest BCUT2D eigenvalue weighted by atomic mass is 10.3. The van der Waals surface area contributed by atoms with E-state index in [1.807, 2.05) is 12.1 Å². The number of carbonyl (C=O) groups excluding carboxylic acids is 1. The van der Waals surface area contributed by atoms with Crippen LogP contribution in [0.15, 0.2) is 58.2 Å². The van der Waals surface area contributed by atoms with E-state index in [1.165, 1.54) is 12.1 Å². The molecule has 0 fully saturated rings. The van der Waals surface area contributed by atoms with Gasteiger partial charge in [-0.05, 0) is 43.3 Å². The van der Waals surface area contributed by atoms with Crippen molar-refractivity contribution in [2.45, 2.75) is 23.8 Å². The average Bonchev–Trinajstić information content (AvgIpc) is 2.97. The van der Waals surface area contributed by atoms with E-state index >= 15 is 0 Å². The Kier molecular flexibility index (Phi) is 5.08. The lowest BCUT2D eigenvalue weighted by Crippen LogP contribution is -2.22. The third-order valence-electron chi connectivity index (χ3n) is 3.28. The highest BCUT2D eigenvalue weighted by Crippen LogP contribution is 2.28. The lowest BCUT2D eigenvalue weighted by molar-refractivity contribution is -0.274. The van der Waals surface area contributed by atoms with Gasteiger partial charge in [0.1, 0.15) is 11.3 Å². The molecule has 1 aromatic heterocycles. The Morgan fingerprint density at radius 3 is 2.54 bits per heavy atom. The molecule has 0 radical (unpaired) electrons. The molecule has 3 rings (SSSR count). The van der Waals surface area contributed by atoms with Gasteiger partial charge >= 0.3 is 6.36 Å². The summed E-state index contributed by atoms with van der Waals surface area (Å²) < 4.78 is 45.7. The van der Waals surface area contributed by atoms with Gasteiger partial charge in [0.25, 0.3) is 5.22 Å². The molecule has 1 heterocycles. The van der Waals surface area contributed by atoms with Crippen LogP contribution in [0, 0.1) is 0 Å². The van der Waals surface area contributed by atoms with Gasteiger partial charge in [0.15, 0.2) is 5.58 Å². The van der Waals surface area contributed by atoms with Crippen molar-refractivity contribution in [1.29, 1.82) is 0 Å². The Hall–Kier alpha value is -2.68. The molecule has 1 N–H and O–H groups in total. The number of hydrogen-bond donors (Lipinski definition) is 1. The molecule has 3 aromatic rings. The fourth-order valence-electron chi connectivity index (χ4n) is 2.09. The number of anilines is 1. The number of aromatic nitrogens is 1. The Bertz CT molecular complexity index is 877. The van der Waals surface area contributed by atoms with E-state index in [0.717, 1.165) is 23.9 Å². The van der Waals surface area contributed by atoms with Gasteiger partial charge in [-0.15, -0.1) is 13.2 Å². The number of carbonyl (C=O) groups is 1. The second-order valence-corrected chi connectivity index (χ2v) is 6.56. The predicted molar refractivity (Wildman–Crippen MR) is 91.1 cm³/mol. The molecule has 136 valence electrons. The first-order valence-electron chi connectivity index (χ1n) is 7.49. The maximum absolute atomic E-state index is 12.2. The molecule has 0 spiro atoms. The van der Waals surface area contributed by atoms with E-state index in [9.17, 15) is 18.0 Å². The van der Waals surface area contributed by atoms with E-state index in [1.54, 1.807) is 19.1 Å². The molecule has 0 aliphatic carbocycles. The van der Waals surface area contributed by atoms with Crippen LogP contribution in [-0.2, 0) is 4.79 Å². The molecule has 0 saturated heterocycles. The summed E-state index contributed by atoms with van der Waals surface area (Å²) in [6.07, 6.45) is -4.75. The van der Waals surface area contributed by atoms with Gasteiger partial charge in [0.2, 0.25) is 5.91 Å². The average molecular weight is 382 g/mol. The molecule has 1 atom stereocenters. The van der Waals surface area contributed by atoms with Gasteiger partial charge < -0.3 is 14.5 Å². The van der Waals surface area contributed by atoms with E-state index in [2.05, 4.69) is 15.0 Å². The maximum Gasteiger partial charge on any atom is 0.573 e. The number of para-hydroxylation sites is 2. The number of thioether (sulfide) groups is 1. The lowest BCUT2D eigenvalue weighted by Gasteiger charge is -2.11. The molecule has 9 heteroatoms. The van der Waals surface area contributed by atoms with Crippen molar-refractivity contribution in [2.24, 2.45) is 0 Å². The Morgan fingerprint density at radius 1 is 1.19 bits per heavy atom. The zero-order valence-electron chi connectivity index (χ0n) is 13.4. The zero-order chi connectivity index (χ0) is 18.7. The molecule has 5 nitrogen and oxygen atoms in total. The first kappa shape index (κ1) is 18.1. The van der Waals surface area contributed by atoms with Crippen molar-refractivity contribution in [1.82, 2.24) is 4.98 Å². The van der Waals surface area contributed by atoms with Crippen LogP contribution in [0.25, 0.3) is 11.1 Å². The normalized spacial score (nSPS) is 12.8. The number of oxazole rings is 1. The van der Waals surface area contributed by atoms with Crippen molar-refractivity contribution >= 4 is 34.5 Å². The summed E-state index contributed by atoms with van der Waals surface area (Å²) in [7, 11) is 0. The molecular formula is C17H13F3N2O3S. The fourth-order valence-corrected chi connectivity index (χ4v) is 2.85. The summed E-state index contributed by atoms with van der Waals surface area (Å²) in [4.78, 5) is 16.5. The van der Waals surface area contributed by atoms with Gasteiger partial charge in [0, 0.05) is 5.69 Å². The Morgan fingerprint density at radius 2 is 1.88 bits per heavy atom. The van der Waals surface area contributed by atoms with Crippen molar-refractivity contribution in [2.75, 3.05) is 5.32 Å². The molecule has 0 aliphatic rings. The van der Waals surface area contributed by atoms with Crippen molar-refractivity contribution < 1.29 is 27.1 Å². The molecule has 0 aliphatic heterocycles. The van der Waals surface area contributed by atoms with E-state index in [4.69, 9.17) is 4.42 Å². The largest absolute Gasteiger partial charge is 0.573 e. The molecule has 1 amide bonds. The van der Waals surface area contributed by atoms with Crippen LogP contribution in [0.4, 0.5) is 18.9 Å². The number of halogens is 3. The number of rotatable bonds is 5. The number of ether oxygens (including phenoxy) is 1. The van der Waals surface area contributed by atoms with E-state index < -0.39 is 11.6 Å². The smallest absolute Gasteiger partial charge is 0.431 e. The van der Waals surface area contributed by atoms with Gasteiger partial charge in [-0.1, -0.05) is 23.9 Å². The number of alkyl halides is 3. The second kappa shape index (κ2) is 7.28. The number of nitrogens with one attached hydrogen (secondary N) is 1. The van der Waals surface area contributed by atoms with Crippen LogP contribution in [0.3, 0.4) is 0 Å². The maximum atomic E-state index is 12.2. The van der Waals surface area contributed by atoms with Crippen LogP contribution in [0.5, 0.6) is 5.75 Å². The van der Waals surface area contributed by atoms with E-state index in [0.29, 0.717) is 22.0 Å². The molecule has 26 heavy (non-hydrogen) atoms. The highest BCUT2D eigenvalue weighted by molar-refractivity contribution is 8.00. The number of nitrogens with zero attached hydrogens (tertiary/aromatic N) is 1. The minimum Gasteiger partial charge on any atom is -0.431 e. The Balaban J connectivity index is 1.60. The molecular weight excluding hydrogens is 369 g/mol. The predicted octanol–water partition coefficient (Wildman–Crippen LogP) is 4.85. The summed E-state index contributed by atoms with van der Waals surface area (Å²) in [5.74, 6) is -0.689. The van der Waals surface area contributed by atoms with Crippen LogP contribution in [0.2, 0.25) is 0 Å². The summed E-state index contributed by atoms with van der Waals surface area (Å²) in [5.41, 5.74) is 1.68. The van der Waals surface area contributed by atoms with Gasteiger partial charge in [-0.25, -0.2) is 4.98 Å². The van der Waals surface area contributed by atoms with Crippen LogP contribution in [-0.4, -0.2) is 22.5 Å². The third-order valence-corrected chi connectivity index (χ3v) is 4.22. The minimum absolute atomic E-state index is 0.332. The molecule has 0 saturated carbocycles. The van der Waals surface area contributed by atoms with Crippen molar-refractivity contribution in [3.8, 4) is 5.75 Å². The summed E-state index contributed by atoms with van der Waals surface area (Å²) >= 11 is 1.14. The van der Waals surface area contributed by atoms with Crippen LogP contribution in [0.1, 0.15) is 6.92 Å². The quantitative estimate of drug-likeness (QED) is 0.640. The summed E-state index contributed by atoms with van der Waals surface area (Å²) in [6, 6.07) is 12.2. The highest BCUT2D eigenvalue weighted by atomic mass is 32.2. The van der Waals surface area contributed by atoms with Crippen molar-refractivity contribution in [3.63, 3.8) is 0 Å². The fraction of sp³-hybridized carbons (Fsp3) is 0.176. The Labute approximate surface area is 150 Å². The number of amides is 1. The molecule has 1 unspecified atom stereocenters. The first-order valence-corrected chi connectivity index (χ1v) is 8.37. The summed E-state index contributed by atoms with van der Waals surface area (Å²) in [5, 5.41) is 2.46. The second-order valence-electron chi connectivity index (χ2n) is 5.27. The van der Waals surface area contributed by atoms with Gasteiger partial charge in [-0.2, -0.15) is 0 Å². The number of benzene rings is 2. The number of hydrogen-bond acceptors (Lipinski definition) is 5. The van der Waals surface area contributed by atoms with Crippen molar-refractivity contribution in [3.05, 3.63) is 48.5 Å². The zero-order valence-corrected chi connectivity index (χ0v) is 14.2. The topological polar surface area (TPSA) is 64.4 Å². The van der Waals surface area contributed by atoms with Crippen LogP contribution < -0.4 is 10.1 Å². The van der Waals surface area contributed by atoms with Gasteiger partial charge in [-0.3, -0.25) is 4.79 Å². The number of fused-ring (bicyclic) bond motifs is 1.